The Morgan fingerprint density at radius 1 is 1.14 bits per heavy atom. The molecule has 14 heavy (non-hydrogen) atoms. The van der Waals surface area contributed by atoms with Crippen LogP contribution >= 0.6 is 24.6 Å². The van der Waals surface area contributed by atoms with Crippen LogP contribution in [-0.2, 0) is 0 Å². The topological polar surface area (TPSA) is 3.24 Å². The van der Waals surface area contributed by atoms with Crippen LogP contribution in [0.3, 0.4) is 0 Å². The van der Waals surface area contributed by atoms with Crippen LogP contribution in [0.25, 0.3) is 0 Å². The molecule has 0 amide bonds. The van der Waals surface area contributed by atoms with Gasteiger partial charge >= 0.3 is 0 Å². The van der Waals surface area contributed by atoms with Crippen molar-refractivity contribution in [2.45, 2.75) is 69.5 Å². The molecule has 84 valence electrons. The first kappa shape index (κ1) is 12.7. The molecule has 3 heteroatoms. The van der Waals surface area contributed by atoms with Gasteiger partial charge in [-0.2, -0.15) is 12.6 Å². The van der Waals surface area contributed by atoms with Gasteiger partial charge < -0.3 is 0 Å². The fourth-order valence-corrected chi connectivity index (χ4v) is 3.45. The average Bonchev–Trinajstić information content (AvgIpc) is 2.15. The first-order valence-corrected chi connectivity index (χ1v) is 7.09. The van der Waals surface area contributed by atoms with Gasteiger partial charge in [0.05, 0.1) is 4.58 Å². The van der Waals surface area contributed by atoms with Crippen LogP contribution in [0.1, 0.15) is 52.9 Å². The molecule has 1 aliphatic carbocycles. The normalized spacial score (nSPS) is 21.9. The molecule has 1 saturated carbocycles. The predicted molar refractivity (Wildman–Crippen MR) is 69.9 cm³/mol. The zero-order valence-corrected chi connectivity index (χ0v) is 11.3. The van der Waals surface area contributed by atoms with E-state index in [9.17, 15) is 0 Å². The molecule has 1 unspecified atom stereocenters. The molecule has 0 aromatic carbocycles. The Hall–Kier alpha value is 0.660. The lowest BCUT2D eigenvalue weighted by Crippen LogP contribution is -2.37. The predicted octanol–water partition coefficient (Wildman–Crippen LogP) is 3.95. The van der Waals surface area contributed by atoms with E-state index >= 15 is 0 Å². The van der Waals surface area contributed by atoms with Gasteiger partial charge in [0.25, 0.3) is 0 Å². The summed E-state index contributed by atoms with van der Waals surface area (Å²) >= 11 is 6.38. The highest BCUT2D eigenvalue weighted by Gasteiger charge is 2.24. The summed E-state index contributed by atoms with van der Waals surface area (Å²) in [6.07, 6.45) is 7.02. The maximum absolute atomic E-state index is 4.47. The summed E-state index contributed by atoms with van der Waals surface area (Å²) in [7, 11) is 0. The Morgan fingerprint density at radius 3 is 2.14 bits per heavy atom. The number of thiol groups is 1. The number of hydrogen-bond donors (Lipinski definition) is 1. The minimum Gasteiger partial charge on any atom is -0.244 e. The Labute approximate surface area is 98.6 Å². The van der Waals surface area contributed by atoms with Gasteiger partial charge in [0.2, 0.25) is 0 Å². The van der Waals surface area contributed by atoms with Crippen molar-refractivity contribution in [3.63, 3.8) is 0 Å². The van der Waals surface area contributed by atoms with Crippen molar-refractivity contribution in [2.24, 2.45) is 0 Å². The van der Waals surface area contributed by atoms with Crippen molar-refractivity contribution in [3.8, 4) is 0 Å². The summed E-state index contributed by atoms with van der Waals surface area (Å²) in [5, 5.41) is 0. The molecule has 1 atom stereocenters. The molecule has 0 aromatic rings. The van der Waals surface area contributed by atoms with Crippen molar-refractivity contribution in [1.29, 1.82) is 0 Å². The molecule has 0 heterocycles. The molecule has 1 nitrogen and oxygen atoms in total. The quantitative estimate of drug-likeness (QED) is 0.445. The number of rotatable bonds is 4. The second-order valence-corrected chi connectivity index (χ2v) is 6.91. The zero-order chi connectivity index (χ0) is 10.6. The standard InChI is InChI=1S/C11H23NS2/c1-9(2)12(14-10(3)13)11-7-5-4-6-8-11/h9-11,13H,4-8H2,1-3H3. The molecule has 1 rings (SSSR count). The van der Waals surface area contributed by atoms with Crippen molar-refractivity contribution < 1.29 is 0 Å². The van der Waals surface area contributed by atoms with E-state index in [4.69, 9.17) is 0 Å². The van der Waals surface area contributed by atoms with E-state index in [1.165, 1.54) is 32.1 Å². The Bertz CT molecular complexity index is 153. The van der Waals surface area contributed by atoms with Gasteiger partial charge in [-0.1, -0.05) is 31.2 Å². The van der Waals surface area contributed by atoms with Crippen LogP contribution in [0.5, 0.6) is 0 Å². The molecule has 0 saturated heterocycles. The van der Waals surface area contributed by atoms with Gasteiger partial charge in [-0.05, 0) is 33.6 Å². The summed E-state index contributed by atoms with van der Waals surface area (Å²) in [6, 6.07) is 1.43. The van der Waals surface area contributed by atoms with Gasteiger partial charge in [0, 0.05) is 12.1 Å². The Kier molecular flexibility index (Phi) is 5.72. The number of hydrogen-bond acceptors (Lipinski definition) is 3. The molecule has 0 N–H and O–H groups in total. The van der Waals surface area contributed by atoms with Gasteiger partial charge in [-0.15, -0.1) is 0 Å². The maximum atomic E-state index is 4.47. The van der Waals surface area contributed by atoms with Crippen LogP contribution in [0.4, 0.5) is 0 Å². The second-order valence-electron chi connectivity index (χ2n) is 4.45. The van der Waals surface area contributed by atoms with Crippen molar-refractivity contribution in [3.05, 3.63) is 0 Å². The van der Waals surface area contributed by atoms with Crippen LogP contribution in [0.2, 0.25) is 0 Å². The van der Waals surface area contributed by atoms with Gasteiger partial charge in [0.15, 0.2) is 0 Å². The van der Waals surface area contributed by atoms with Gasteiger partial charge in [0.1, 0.15) is 0 Å². The van der Waals surface area contributed by atoms with Crippen molar-refractivity contribution in [2.75, 3.05) is 0 Å². The molecular weight excluding hydrogens is 210 g/mol. The van der Waals surface area contributed by atoms with Crippen molar-refractivity contribution >= 4 is 24.6 Å². The van der Waals surface area contributed by atoms with Gasteiger partial charge in [-0.25, -0.2) is 4.31 Å². The minimum atomic E-state index is 0.416. The van der Waals surface area contributed by atoms with E-state index in [1.807, 2.05) is 11.9 Å². The monoisotopic (exact) mass is 233 g/mol. The third-order valence-electron chi connectivity index (χ3n) is 2.72. The SMILES string of the molecule is CC(S)SN(C(C)C)C1CCCCC1. The molecule has 0 radical (unpaired) electrons. The summed E-state index contributed by atoms with van der Waals surface area (Å²) in [4.78, 5) is 0. The summed E-state index contributed by atoms with van der Waals surface area (Å²) < 4.78 is 2.98. The van der Waals surface area contributed by atoms with E-state index in [0.29, 0.717) is 10.6 Å². The summed E-state index contributed by atoms with van der Waals surface area (Å²) in [5.74, 6) is 0. The Morgan fingerprint density at radius 2 is 1.71 bits per heavy atom. The highest BCUT2D eigenvalue weighted by atomic mass is 32.2. The van der Waals surface area contributed by atoms with Gasteiger partial charge in [-0.3, -0.25) is 0 Å². The van der Waals surface area contributed by atoms with E-state index in [1.54, 1.807) is 0 Å². The first-order valence-electron chi connectivity index (χ1n) is 5.74. The molecule has 0 aliphatic heterocycles. The molecule has 0 spiro atoms. The van der Waals surface area contributed by atoms with Crippen LogP contribution in [-0.4, -0.2) is 21.0 Å². The van der Waals surface area contributed by atoms with E-state index < -0.39 is 0 Å². The maximum Gasteiger partial charge on any atom is 0.0591 e. The fourth-order valence-electron chi connectivity index (χ4n) is 2.14. The smallest absolute Gasteiger partial charge is 0.0591 e. The van der Waals surface area contributed by atoms with Crippen LogP contribution < -0.4 is 0 Å². The lowest BCUT2D eigenvalue weighted by atomic mass is 9.95. The van der Waals surface area contributed by atoms with Crippen molar-refractivity contribution in [1.82, 2.24) is 4.31 Å². The van der Waals surface area contributed by atoms with E-state index in [2.05, 4.69) is 37.7 Å². The molecule has 1 aliphatic rings. The third-order valence-corrected chi connectivity index (χ3v) is 4.27. The first-order chi connectivity index (χ1) is 6.61. The lowest BCUT2D eigenvalue weighted by Gasteiger charge is -2.36. The molecular formula is C11H23NS2. The lowest BCUT2D eigenvalue weighted by molar-refractivity contribution is 0.238. The molecule has 1 fully saturated rings. The largest absolute Gasteiger partial charge is 0.244 e. The molecule has 0 bridgehead atoms. The Balaban J connectivity index is 2.47. The average molecular weight is 233 g/mol. The zero-order valence-electron chi connectivity index (χ0n) is 9.57. The van der Waals surface area contributed by atoms with E-state index in [0.717, 1.165) is 6.04 Å². The minimum absolute atomic E-state index is 0.416. The summed E-state index contributed by atoms with van der Waals surface area (Å²) in [6.45, 7) is 6.74. The summed E-state index contributed by atoms with van der Waals surface area (Å²) in [5.41, 5.74) is 0. The van der Waals surface area contributed by atoms with Crippen LogP contribution in [0, 0.1) is 0 Å². The second kappa shape index (κ2) is 6.29. The van der Waals surface area contributed by atoms with E-state index in [-0.39, 0.29) is 0 Å². The van der Waals surface area contributed by atoms with Crippen LogP contribution in [0.15, 0.2) is 0 Å². The highest BCUT2D eigenvalue weighted by molar-refractivity contribution is 8.08. The highest BCUT2D eigenvalue weighted by Crippen LogP contribution is 2.32. The fraction of sp³-hybridized carbons (Fsp3) is 1.00. The molecule has 0 aromatic heterocycles. The number of nitrogens with zero attached hydrogens (tertiary/aromatic N) is 1. The third kappa shape index (κ3) is 4.03.